The highest BCUT2D eigenvalue weighted by atomic mass is 16.1. The van der Waals surface area contributed by atoms with Crippen molar-refractivity contribution in [3.8, 4) is 0 Å². The van der Waals surface area contributed by atoms with Gasteiger partial charge in [-0.2, -0.15) is 0 Å². The van der Waals surface area contributed by atoms with Crippen molar-refractivity contribution >= 4 is 5.91 Å². The molecule has 1 aliphatic rings. The van der Waals surface area contributed by atoms with Crippen molar-refractivity contribution in [3.63, 3.8) is 0 Å². The van der Waals surface area contributed by atoms with E-state index in [1.807, 2.05) is 6.92 Å². The zero-order chi connectivity index (χ0) is 13.0. The number of hydrogen-bond donors (Lipinski definition) is 2. The molecule has 1 aromatic carbocycles. The Hall–Kier alpha value is -1.35. The Morgan fingerprint density at radius 2 is 2.00 bits per heavy atom. The molecule has 1 saturated carbocycles. The molecular formula is C15H22N2O. The topological polar surface area (TPSA) is 41.1 Å². The summed E-state index contributed by atoms with van der Waals surface area (Å²) in [6, 6.07) is 8.94. The molecule has 1 aromatic rings. The molecule has 1 unspecified atom stereocenters. The molecule has 1 amide bonds. The molecule has 1 aliphatic carbocycles. The summed E-state index contributed by atoms with van der Waals surface area (Å²) in [7, 11) is 0. The molecular weight excluding hydrogens is 224 g/mol. The minimum atomic E-state index is 0.0789. The first-order valence-corrected chi connectivity index (χ1v) is 6.77. The maximum atomic E-state index is 11.5. The van der Waals surface area contributed by atoms with Gasteiger partial charge in [0, 0.05) is 12.6 Å². The van der Waals surface area contributed by atoms with Crippen LogP contribution in [0, 0.1) is 12.8 Å². The normalized spacial score (nSPS) is 16.3. The molecule has 1 atom stereocenters. The molecule has 0 aliphatic heterocycles. The lowest BCUT2D eigenvalue weighted by Crippen LogP contribution is -2.36. The monoisotopic (exact) mass is 246 g/mol. The van der Waals surface area contributed by atoms with Crippen molar-refractivity contribution in [1.82, 2.24) is 10.6 Å². The highest BCUT2D eigenvalue weighted by Crippen LogP contribution is 2.40. The summed E-state index contributed by atoms with van der Waals surface area (Å²) in [5, 5.41) is 6.21. The Bertz CT molecular complexity index is 395. The van der Waals surface area contributed by atoms with Gasteiger partial charge >= 0.3 is 0 Å². The Morgan fingerprint density at radius 1 is 1.33 bits per heavy atom. The Balaban J connectivity index is 1.96. The highest BCUT2D eigenvalue weighted by molar-refractivity contribution is 5.77. The number of benzene rings is 1. The van der Waals surface area contributed by atoms with Gasteiger partial charge in [-0.3, -0.25) is 4.79 Å². The second kappa shape index (κ2) is 6.01. The third kappa shape index (κ3) is 3.57. The molecule has 0 saturated heterocycles. The summed E-state index contributed by atoms with van der Waals surface area (Å²) in [5.41, 5.74) is 2.57. The van der Waals surface area contributed by atoms with Crippen LogP contribution in [0.25, 0.3) is 0 Å². The third-order valence-corrected chi connectivity index (χ3v) is 3.39. The molecule has 3 nitrogen and oxygen atoms in total. The molecule has 98 valence electrons. The summed E-state index contributed by atoms with van der Waals surface area (Å²) in [6.07, 6.45) is 2.53. The van der Waals surface area contributed by atoms with Crippen LogP contribution >= 0.6 is 0 Å². The van der Waals surface area contributed by atoms with Crippen LogP contribution in [0.5, 0.6) is 0 Å². The number of likely N-dealkylation sites (N-methyl/N-ethyl adjacent to an activating group) is 1. The summed E-state index contributed by atoms with van der Waals surface area (Å²) < 4.78 is 0. The van der Waals surface area contributed by atoms with Crippen LogP contribution in [0.4, 0.5) is 0 Å². The highest BCUT2D eigenvalue weighted by Gasteiger charge is 2.32. The van der Waals surface area contributed by atoms with Gasteiger partial charge in [-0.25, -0.2) is 0 Å². The quantitative estimate of drug-likeness (QED) is 0.807. The standard InChI is InChI=1S/C15H22N2O/c1-3-16-14(18)10-17-15(13-8-9-13)12-6-4-11(2)5-7-12/h4-7,13,15,17H,3,8-10H2,1-2H3,(H,16,18). The van der Waals surface area contributed by atoms with E-state index in [4.69, 9.17) is 0 Å². The van der Waals surface area contributed by atoms with Crippen LogP contribution < -0.4 is 10.6 Å². The van der Waals surface area contributed by atoms with E-state index < -0.39 is 0 Å². The van der Waals surface area contributed by atoms with Gasteiger partial charge in [-0.1, -0.05) is 29.8 Å². The predicted octanol–water partition coefficient (Wildman–Crippen LogP) is 2.17. The van der Waals surface area contributed by atoms with Crippen LogP contribution in [0.3, 0.4) is 0 Å². The fraction of sp³-hybridized carbons (Fsp3) is 0.533. The van der Waals surface area contributed by atoms with E-state index in [0.717, 1.165) is 0 Å². The number of carbonyl (C=O) groups is 1. The second-order valence-corrected chi connectivity index (χ2v) is 5.06. The van der Waals surface area contributed by atoms with Crippen molar-refractivity contribution in [2.45, 2.75) is 32.7 Å². The number of aryl methyl sites for hydroxylation is 1. The smallest absolute Gasteiger partial charge is 0.233 e. The zero-order valence-electron chi connectivity index (χ0n) is 11.2. The predicted molar refractivity (Wildman–Crippen MR) is 73.3 cm³/mol. The molecule has 0 aromatic heterocycles. The maximum Gasteiger partial charge on any atom is 0.233 e. The van der Waals surface area contributed by atoms with Crippen LogP contribution in [0.15, 0.2) is 24.3 Å². The lowest BCUT2D eigenvalue weighted by molar-refractivity contribution is -0.120. The van der Waals surface area contributed by atoms with E-state index in [1.54, 1.807) is 0 Å². The maximum absolute atomic E-state index is 11.5. The van der Waals surface area contributed by atoms with E-state index in [1.165, 1.54) is 24.0 Å². The van der Waals surface area contributed by atoms with Gasteiger partial charge in [0.2, 0.25) is 5.91 Å². The van der Waals surface area contributed by atoms with E-state index in [0.29, 0.717) is 25.0 Å². The van der Waals surface area contributed by atoms with Crippen molar-refractivity contribution in [1.29, 1.82) is 0 Å². The van der Waals surface area contributed by atoms with Gasteiger partial charge in [-0.05, 0) is 38.2 Å². The minimum Gasteiger partial charge on any atom is -0.355 e. The summed E-state index contributed by atoms with van der Waals surface area (Å²) in [5.74, 6) is 0.775. The summed E-state index contributed by atoms with van der Waals surface area (Å²) in [6.45, 7) is 5.14. The lowest BCUT2D eigenvalue weighted by atomic mass is 10.0. The number of amides is 1. The first kappa shape index (κ1) is 13.1. The van der Waals surface area contributed by atoms with E-state index in [9.17, 15) is 4.79 Å². The van der Waals surface area contributed by atoms with E-state index >= 15 is 0 Å². The van der Waals surface area contributed by atoms with Crippen molar-refractivity contribution < 1.29 is 4.79 Å². The van der Waals surface area contributed by atoms with E-state index in [2.05, 4.69) is 41.8 Å². The van der Waals surface area contributed by atoms with Crippen LogP contribution in [0.1, 0.15) is 36.9 Å². The number of hydrogen-bond acceptors (Lipinski definition) is 2. The number of rotatable bonds is 6. The van der Waals surface area contributed by atoms with Gasteiger partial charge in [0.15, 0.2) is 0 Å². The molecule has 2 N–H and O–H groups in total. The SMILES string of the molecule is CCNC(=O)CNC(c1ccc(C)cc1)C1CC1. The average molecular weight is 246 g/mol. The van der Waals surface area contributed by atoms with Crippen LogP contribution in [-0.4, -0.2) is 19.0 Å². The van der Waals surface area contributed by atoms with Crippen LogP contribution in [-0.2, 0) is 4.79 Å². The molecule has 1 fully saturated rings. The Morgan fingerprint density at radius 3 is 2.56 bits per heavy atom. The molecule has 0 bridgehead atoms. The molecule has 0 heterocycles. The lowest BCUT2D eigenvalue weighted by Gasteiger charge is -2.18. The molecule has 3 heteroatoms. The minimum absolute atomic E-state index is 0.0789. The number of carbonyl (C=O) groups excluding carboxylic acids is 1. The van der Waals surface area contributed by atoms with Gasteiger partial charge in [0.1, 0.15) is 0 Å². The van der Waals surface area contributed by atoms with E-state index in [-0.39, 0.29) is 5.91 Å². The largest absolute Gasteiger partial charge is 0.355 e. The fourth-order valence-electron chi connectivity index (χ4n) is 2.22. The van der Waals surface area contributed by atoms with Crippen LogP contribution in [0.2, 0.25) is 0 Å². The Labute approximate surface area is 109 Å². The van der Waals surface area contributed by atoms with Crippen molar-refractivity contribution in [2.75, 3.05) is 13.1 Å². The second-order valence-electron chi connectivity index (χ2n) is 5.06. The molecule has 18 heavy (non-hydrogen) atoms. The molecule has 2 rings (SSSR count). The van der Waals surface area contributed by atoms with Crippen molar-refractivity contribution in [2.24, 2.45) is 5.92 Å². The average Bonchev–Trinajstić information content (AvgIpc) is 3.16. The third-order valence-electron chi connectivity index (χ3n) is 3.39. The zero-order valence-corrected chi connectivity index (χ0v) is 11.2. The first-order valence-electron chi connectivity index (χ1n) is 6.77. The Kier molecular flexibility index (Phi) is 4.37. The van der Waals surface area contributed by atoms with Gasteiger partial charge in [0.25, 0.3) is 0 Å². The fourth-order valence-corrected chi connectivity index (χ4v) is 2.22. The molecule has 0 spiro atoms. The van der Waals surface area contributed by atoms with Crippen molar-refractivity contribution in [3.05, 3.63) is 35.4 Å². The first-order chi connectivity index (χ1) is 8.70. The van der Waals surface area contributed by atoms with Gasteiger partial charge in [0.05, 0.1) is 6.54 Å². The summed E-state index contributed by atoms with van der Waals surface area (Å²) in [4.78, 5) is 11.5. The van der Waals surface area contributed by atoms with Gasteiger partial charge in [-0.15, -0.1) is 0 Å². The van der Waals surface area contributed by atoms with Gasteiger partial charge < -0.3 is 10.6 Å². The number of nitrogens with one attached hydrogen (secondary N) is 2. The summed E-state index contributed by atoms with van der Waals surface area (Å²) >= 11 is 0. The molecule has 0 radical (unpaired) electrons.